The van der Waals surface area contributed by atoms with Gasteiger partial charge in [0, 0.05) is 18.7 Å². The van der Waals surface area contributed by atoms with Gasteiger partial charge < -0.3 is 15.2 Å². The third-order valence-corrected chi connectivity index (χ3v) is 6.32. The quantitative estimate of drug-likeness (QED) is 0.783. The van der Waals surface area contributed by atoms with Crippen LogP contribution in [0.15, 0.2) is 48.5 Å². The van der Waals surface area contributed by atoms with E-state index in [9.17, 15) is 18.3 Å². The second-order valence-corrected chi connectivity index (χ2v) is 8.30. The van der Waals surface area contributed by atoms with E-state index in [4.69, 9.17) is 4.74 Å². The zero-order valence-electron chi connectivity index (χ0n) is 15.0. The van der Waals surface area contributed by atoms with Crippen LogP contribution in [0.4, 0.5) is 5.69 Å². The van der Waals surface area contributed by atoms with E-state index in [-0.39, 0.29) is 18.2 Å². The summed E-state index contributed by atoms with van der Waals surface area (Å²) in [5, 5.41) is 12.9. The first kappa shape index (κ1) is 19.2. The van der Waals surface area contributed by atoms with Crippen LogP contribution in [-0.4, -0.2) is 45.4 Å². The van der Waals surface area contributed by atoms with Crippen LogP contribution in [0.2, 0.25) is 0 Å². The summed E-state index contributed by atoms with van der Waals surface area (Å²) in [6.07, 6.45) is -0.283. The Bertz CT molecular complexity index is 912. The molecule has 0 spiro atoms. The lowest BCUT2D eigenvalue weighted by Crippen LogP contribution is -2.29. The van der Waals surface area contributed by atoms with E-state index in [0.717, 1.165) is 0 Å². The molecule has 1 fully saturated rings. The van der Waals surface area contributed by atoms with Crippen molar-refractivity contribution < 1.29 is 23.1 Å². The molecular weight excluding hydrogens is 368 g/mol. The van der Waals surface area contributed by atoms with Gasteiger partial charge in [-0.25, -0.2) is 8.42 Å². The summed E-state index contributed by atoms with van der Waals surface area (Å²) in [7, 11) is -1.74. The summed E-state index contributed by atoms with van der Waals surface area (Å²) < 4.78 is 30.5. The molecule has 0 aliphatic carbocycles. The van der Waals surface area contributed by atoms with Gasteiger partial charge in [0.2, 0.25) is 10.0 Å². The van der Waals surface area contributed by atoms with Crippen molar-refractivity contribution in [1.82, 2.24) is 5.32 Å². The molecule has 144 valence electrons. The van der Waals surface area contributed by atoms with Gasteiger partial charge in [-0.3, -0.25) is 9.10 Å². The smallest absolute Gasteiger partial charge is 0.251 e. The minimum Gasteiger partial charge on any atom is -0.497 e. The van der Waals surface area contributed by atoms with Crippen LogP contribution < -0.4 is 14.4 Å². The number of carbonyl (C=O) groups is 1. The Kier molecular flexibility index (Phi) is 5.67. The van der Waals surface area contributed by atoms with Gasteiger partial charge in [0.1, 0.15) is 5.75 Å². The van der Waals surface area contributed by atoms with Crippen molar-refractivity contribution >= 4 is 21.6 Å². The van der Waals surface area contributed by atoms with E-state index in [1.165, 1.54) is 4.31 Å². The first-order chi connectivity index (χ1) is 12.9. The lowest BCUT2D eigenvalue weighted by Gasteiger charge is -2.18. The molecule has 1 unspecified atom stereocenters. The molecule has 1 heterocycles. The van der Waals surface area contributed by atoms with Crippen molar-refractivity contribution in [3.8, 4) is 5.75 Å². The Morgan fingerprint density at radius 1 is 1.26 bits per heavy atom. The summed E-state index contributed by atoms with van der Waals surface area (Å²) >= 11 is 0. The molecule has 1 atom stereocenters. The average molecular weight is 390 g/mol. The zero-order chi connectivity index (χ0) is 19.4. The molecule has 1 aliphatic rings. The third-order valence-electron chi connectivity index (χ3n) is 4.45. The fourth-order valence-corrected chi connectivity index (χ4v) is 4.52. The maximum Gasteiger partial charge on any atom is 0.251 e. The number of benzene rings is 2. The van der Waals surface area contributed by atoms with Gasteiger partial charge >= 0.3 is 0 Å². The molecule has 7 nitrogen and oxygen atoms in total. The highest BCUT2D eigenvalue weighted by Crippen LogP contribution is 2.25. The molecule has 0 saturated carbocycles. The second-order valence-electron chi connectivity index (χ2n) is 6.29. The molecule has 2 aromatic rings. The topological polar surface area (TPSA) is 95.9 Å². The van der Waals surface area contributed by atoms with Crippen molar-refractivity contribution in [2.75, 3.05) is 30.3 Å². The molecular formula is C19H22N2O5S. The van der Waals surface area contributed by atoms with Gasteiger partial charge in [0.25, 0.3) is 5.91 Å². The summed E-state index contributed by atoms with van der Waals surface area (Å²) in [4.78, 5) is 12.4. The fourth-order valence-electron chi connectivity index (χ4n) is 2.97. The SMILES string of the molecule is COc1ccc(C(O)CNC(=O)c2cccc(N3CCCS3(=O)=O)c2)cc1. The van der Waals surface area contributed by atoms with Crippen LogP contribution in [0.25, 0.3) is 0 Å². The molecule has 1 saturated heterocycles. The normalized spacial score (nSPS) is 16.7. The molecule has 1 aliphatic heterocycles. The molecule has 27 heavy (non-hydrogen) atoms. The maximum atomic E-state index is 12.4. The van der Waals surface area contributed by atoms with Crippen LogP contribution in [0.3, 0.4) is 0 Å². The Morgan fingerprint density at radius 2 is 2.00 bits per heavy atom. The molecule has 0 aromatic heterocycles. The lowest BCUT2D eigenvalue weighted by atomic mass is 10.1. The van der Waals surface area contributed by atoms with Gasteiger partial charge in [-0.15, -0.1) is 0 Å². The Hall–Kier alpha value is -2.58. The highest BCUT2D eigenvalue weighted by atomic mass is 32.2. The van der Waals surface area contributed by atoms with E-state index in [1.54, 1.807) is 55.6 Å². The van der Waals surface area contributed by atoms with Gasteiger partial charge in [-0.1, -0.05) is 18.2 Å². The molecule has 2 aromatic carbocycles. The van der Waals surface area contributed by atoms with Crippen LogP contribution in [-0.2, 0) is 10.0 Å². The molecule has 8 heteroatoms. The fraction of sp³-hybridized carbons (Fsp3) is 0.316. The van der Waals surface area contributed by atoms with Crippen molar-refractivity contribution in [2.24, 2.45) is 0 Å². The van der Waals surface area contributed by atoms with Gasteiger partial charge in [0.05, 0.1) is 24.7 Å². The van der Waals surface area contributed by atoms with Gasteiger partial charge in [-0.2, -0.15) is 0 Å². The van der Waals surface area contributed by atoms with E-state index < -0.39 is 16.1 Å². The standard InChI is InChI=1S/C19H22N2O5S/c1-26-17-8-6-14(7-9-17)18(22)13-20-19(23)15-4-2-5-16(12-15)21-10-3-11-27(21,24)25/h2,4-9,12,18,22H,3,10-11,13H2,1H3,(H,20,23). The van der Waals surface area contributed by atoms with E-state index >= 15 is 0 Å². The van der Waals surface area contributed by atoms with Gasteiger partial charge in [0.15, 0.2) is 0 Å². The Morgan fingerprint density at radius 3 is 2.63 bits per heavy atom. The average Bonchev–Trinajstić information content (AvgIpc) is 3.05. The number of nitrogens with one attached hydrogen (secondary N) is 1. The van der Waals surface area contributed by atoms with Crippen LogP contribution >= 0.6 is 0 Å². The molecule has 0 bridgehead atoms. The first-order valence-corrected chi connectivity index (χ1v) is 10.2. The summed E-state index contributed by atoms with van der Waals surface area (Å²) in [6, 6.07) is 13.4. The van der Waals surface area contributed by atoms with Gasteiger partial charge in [-0.05, 0) is 42.3 Å². The number of hydrogen-bond donors (Lipinski definition) is 2. The van der Waals surface area contributed by atoms with Crippen LogP contribution in [0.1, 0.15) is 28.4 Å². The van der Waals surface area contributed by atoms with E-state index in [2.05, 4.69) is 5.32 Å². The second kappa shape index (κ2) is 7.98. The number of ether oxygens (including phenoxy) is 1. The predicted molar refractivity (Wildman–Crippen MR) is 102 cm³/mol. The number of amides is 1. The summed E-state index contributed by atoms with van der Waals surface area (Å²) in [5.74, 6) is 0.432. The summed E-state index contributed by atoms with van der Waals surface area (Å²) in [5.41, 5.74) is 1.49. The van der Waals surface area contributed by atoms with Crippen molar-refractivity contribution in [1.29, 1.82) is 0 Å². The molecule has 2 N–H and O–H groups in total. The van der Waals surface area contributed by atoms with E-state index in [1.807, 2.05) is 0 Å². The number of nitrogens with zero attached hydrogens (tertiary/aromatic N) is 1. The Balaban J connectivity index is 1.65. The molecule has 1 amide bonds. The minimum atomic E-state index is -3.30. The number of sulfonamides is 1. The van der Waals surface area contributed by atoms with Crippen molar-refractivity contribution in [3.05, 3.63) is 59.7 Å². The third kappa shape index (κ3) is 4.40. The number of rotatable bonds is 6. The largest absolute Gasteiger partial charge is 0.497 e. The minimum absolute atomic E-state index is 0.0391. The zero-order valence-corrected chi connectivity index (χ0v) is 15.8. The van der Waals surface area contributed by atoms with Crippen molar-refractivity contribution in [2.45, 2.75) is 12.5 Å². The monoisotopic (exact) mass is 390 g/mol. The molecule has 3 rings (SSSR count). The number of methoxy groups -OCH3 is 1. The van der Waals surface area contributed by atoms with E-state index in [0.29, 0.717) is 35.5 Å². The molecule has 0 radical (unpaired) electrons. The number of anilines is 1. The lowest BCUT2D eigenvalue weighted by molar-refractivity contribution is 0.0916. The van der Waals surface area contributed by atoms with Crippen LogP contribution in [0.5, 0.6) is 5.75 Å². The number of aliphatic hydroxyl groups excluding tert-OH is 1. The highest BCUT2D eigenvalue weighted by molar-refractivity contribution is 7.93. The number of hydrogen-bond acceptors (Lipinski definition) is 5. The first-order valence-electron chi connectivity index (χ1n) is 8.61. The highest BCUT2D eigenvalue weighted by Gasteiger charge is 2.28. The Labute approximate surface area is 158 Å². The predicted octanol–water partition coefficient (Wildman–Crippen LogP) is 1.70. The van der Waals surface area contributed by atoms with Crippen LogP contribution in [0, 0.1) is 0 Å². The van der Waals surface area contributed by atoms with Crippen molar-refractivity contribution in [3.63, 3.8) is 0 Å². The maximum absolute atomic E-state index is 12.4. The number of carbonyl (C=O) groups excluding carboxylic acids is 1. The number of aliphatic hydroxyl groups is 1. The summed E-state index contributed by atoms with van der Waals surface area (Å²) in [6.45, 7) is 0.459.